The number of rotatable bonds is 3. The van der Waals surface area contributed by atoms with Crippen LogP contribution in [-0.2, 0) is 9.47 Å². The molecule has 0 amide bonds. The van der Waals surface area contributed by atoms with Gasteiger partial charge in [-0.1, -0.05) is 0 Å². The van der Waals surface area contributed by atoms with Gasteiger partial charge in [-0.05, 0) is 0 Å². The minimum atomic E-state index is -0.165. The summed E-state index contributed by atoms with van der Waals surface area (Å²) in [4.78, 5) is 12.4. The predicted octanol–water partition coefficient (Wildman–Crippen LogP) is 0.641. The van der Waals surface area contributed by atoms with E-state index in [4.69, 9.17) is 15.2 Å². The van der Waals surface area contributed by atoms with Gasteiger partial charge >= 0.3 is 0 Å². The maximum atomic E-state index is 5.93. The molecule has 0 aromatic carbocycles. The Morgan fingerprint density at radius 3 is 3.05 bits per heavy atom. The number of methoxy groups -OCH3 is 1. The molecule has 1 aliphatic rings. The van der Waals surface area contributed by atoms with Crippen molar-refractivity contribution in [1.29, 1.82) is 0 Å². The van der Waals surface area contributed by atoms with E-state index in [9.17, 15) is 0 Å². The van der Waals surface area contributed by atoms with Crippen LogP contribution in [0, 0.1) is 0 Å². The molecule has 0 spiro atoms. The maximum Gasteiger partial charge on any atom is 0.167 e. The van der Waals surface area contributed by atoms with E-state index in [0.29, 0.717) is 22.7 Å². The first-order valence-corrected chi connectivity index (χ1v) is 6.60. The van der Waals surface area contributed by atoms with Crippen LogP contribution in [0.5, 0.6) is 0 Å². The molecule has 2 unspecified atom stereocenters. The molecule has 0 aliphatic carbocycles. The number of hydrogen-bond acceptors (Lipinski definition) is 7. The lowest BCUT2D eigenvalue weighted by atomic mass is 10.2. The summed E-state index contributed by atoms with van der Waals surface area (Å²) in [6, 6.07) is 0. The number of aromatic nitrogens is 4. The molecule has 19 heavy (non-hydrogen) atoms. The minimum absolute atomic E-state index is 0.0270. The molecule has 1 saturated heterocycles. The Labute approximate surface area is 115 Å². The van der Waals surface area contributed by atoms with Gasteiger partial charge in [0.05, 0.1) is 18.5 Å². The highest BCUT2D eigenvalue weighted by Gasteiger charge is 2.36. The van der Waals surface area contributed by atoms with Crippen molar-refractivity contribution in [2.45, 2.75) is 24.9 Å². The summed E-state index contributed by atoms with van der Waals surface area (Å²) in [5.41, 5.74) is 7.04. The van der Waals surface area contributed by atoms with Crippen LogP contribution in [0.2, 0.25) is 0 Å². The Hall–Kier alpha value is -1.38. The van der Waals surface area contributed by atoms with Crippen molar-refractivity contribution in [3.05, 3.63) is 12.7 Å². The van der Waals surface area contributed by atoms with Crippen LogP contribution in [0.4, 0.5) is 5.82 Å². The number of fused-ring (bicyclic) bond motifs is 1. The average molecular weight is 281 g/mol. The zero-order valence-electron chi connectivity index (χ0n) is 10.4. The van der Waals surface area contributed by atoms with Gasteiger partial charge in [0.15, 0.2) is 11.5 Å². The molecule has 0 saturated carbocycles. The average Bonchev–Trinajstić information content (AvgIpc) is 3.02. The van der Waals surface area contributed by atoms with Crippen molar-refractivity contribution in [2.24, 2.45) is 0 Å². The Kier molecular flexibility index (Phi) is 3.29. The van der Waals surface area contributed by atoms with Gasteiger partial charge in [-0.15, -0.1) is 0 Å². The quantitative estimate of drug-likeness (QED) is 0.803. The van der Waals surface area contributed by atoms with Crippen molar-refractivity contribution in [3.63, 3.8) is 0 Å². The number of thiol groups is 1. The number of imidazole rings is 1. The summed E-state index contributed by atoms with van der Waals surface area (Å²) in [6.07, 6.45) is 3.66. The van der Waals surface area contributed by atoms with E-state index in [1.807, 2.05) is 4.57 Å². The first-order valence-electron chi connectivity index (χ1n) is 5.96. The molecular formula is C11H15N5O2S. The second-order valence-electron chi connectivity index (χ2n) is 4.40. The molecule has 1 fully saturated rings. The lowest BCUT2D eigenvalue weighted by Crippen LogP contribution is -2.24. The first kappa shape index (κ1) is 12.6. The van der Waals surface area contributed by atoms with E-state index in [2.05, 4.69) is 27.6 Å². The third-order valence-electron chi connectivity index (χ3n) is 3.36. The number of hydrogen-bond donors (Lipinski definition) is 2. The molecule has 3 heterocycles. The number of anilines is 1. The largest absolute Gasteiger partial charge is 0.382 e. The minimum Gasteiger partial charge on any atom is -0.382 e. The number of nitrogens with two attached hydrogens (primary N) is 1. The van der Waals surface area contributed by atoms with Crippen molar-refractivity contribution in [3.8, 4) is 0 Å². The zero-order chi connectivity index (χ0) is 13.4. The molecular weight excluding hydrogens is 266 g/mol. The van der Waals surface area contributed by atoms with E-state index in [-0.39, 0.29) is 18.4 Å². The van der Waals surface area contributed by atoms with Crippen molar-refractivity contribution in [1.82, 2.24) is 19.5 Å². The van der Waals surface area contributed by atoms with E-state index < -0.39 is 0 Å². The van der Waals surface area contributed by atoms with Crippen LogP contribution in [0.25, 0.3) is 11.2 Å². The van der Waals surface area contributed by atoms with E-state index >= 15 is 0 Å². The fourth-order valence-electron chi connectivity index (χ4n) is 2.36. The van der Waals surface area contributed by atoms with Crippen LogP contribution in [0.15, 0.2) is 12.7 Å². The van der Waals surface area contributed by atoms with E-state index in [1.165, 1.54) is 6.33 Å². The molecule has 7 nitrogen and oxygen atoms in total. The highest BCUT2D eigenvalue weighted by atomic mass is 32.1. The van der Waals surface area contributed by atoms with Crippen LogP contribution in [-0.4, -0.2) is 44.6 Å². The molecule has 3 atom stereocenters. The molecule has 2 N–H and O–H groups in total. The van der Waals surface area contributed by atoms with Crippen LogP contribution < -0.4 is 5.73 Å². The molecule has 3 rings (SSSR count). The Balaban J connectivity index is 1.95. The molecule has 102 valence electrons. The number of ether oxygens (including phenoxy) is 2. The monoisotopic (exact) mass is 281 g/mol. The number of nitrogen functional groups attached to an aromatic ring is 1. The second kappa shape index (κ2) is 4.95. The van der Waals surface area contributed by atoms with Gasteiger partial charge in [-0.3, -0.25) is 4.57 Å². The Morgan fingerprint density at radius 1 is 1.53 bits per heavy atom. The SMILES string of the molecule is COC1C[C@H](n2cnc3c(N)ncnc32)OC1CS. The third kappa shape index (κ3) is 2.05. The summed E-state index contributed by atoms with van der Waals surface area (Å²) < 4.78 is 13.2. The summed E-state index contributed by atoms with van der Waals surface area (Å²) in [5, 5.41) is 0. The van der Waals surface area contributed by atoms with Gasteiger partial charge in [0.1, 0.15) is 18.1 Å². The van der Waals surface area contributed by atoms with Gasteiger partial charge in [0.2, 0.25) is 0 Å². The molecule has 2 aromatic heterocycles. The van der Waals surface area contributed by atoms with Gasteiger partial charge in [-0.2, -0.15) is 12.6 Å². The fraction of sp³-hybridized carbons (Fsp3) is 0.545. The Bertz CT molecular complexity index is 577. The summed E-state index contributed by atoms with van der Waals surface area (Å²) in [7, 11) is 1.68. The van der Waals surface area contributed by atoms with Crippen molar-refractivity contribution < 1.29 is 9.47 Å². The highest BCUT2D eigenvalue weighted by molar-refractivity contribution is 7.80. The summed E-state index contributed by atoms with van der Waals surface area (Å²) in [5.74, 6) is 0.981. The van der Waals surface area contributed by atoms with Crippen LogP contribution in [0.1, 0.15) is 12.6 Å². The van der Waals surface area contributed by atoms with Gasteiger partial charge < -0.3 is 15.2 Å². The third-order valence-corrected chi connectivity index (χ3v) is 3.72. The molecule has 0 radical (unpaired) electrons. The van der Waals surface area contributed by atoms with Crippen molar-refractivity contribution in [2.75, 3.05) is 18.6 Å². The van der Waals surface area contributed by atoms with Crippen molar-refractivity contribution >= 4 is 29.6 Å². The first-order chi connectivity index (χ1) is 9.24. The normalized spacial score (nSPS) is 27.2. The van der Waals surface area contributed by atoms with Gasteiger partial charge in [-0.25, -0.2) is 15.0 Å². The van der Waals surface area contributed by atoms with Gasteiger partial charge in [0, 0.05) is 19.3 Å². The van der Waals surface area contributed by atoms with E-state index in [1.54, 1.807) is 13.4 Å². The predicted molar refractivity (Wildman–Crippen MR) is 72.9 cm³/mol. The highest BCUT2D eigenvalue weighted by Crippen LogP contribution is 2.33. The lowest BCUT2D eigenvalue weighted by molar-refractivity contribution is -0.0127. The Morgan fingerprint density at radius 2 is 2.37 bits per heavy atom. The maximum absolute atomic E-state index is 5.93. The van der Waals surface area contributed by atoms with Gasteiger partial charge in [0.25, 0.3) is 0 Å². The summed E-state index contributed by atoms with van der Waals surface area (Å²) in [6.45, 7) is 0. The zero-order valence-corrected chi connectivity index (χ0v) is 11.3. The molecule has 0 bridgehead atoms. The smallest absolute Gasteiger partial charge is 0.167 e. The molecule has 8 heteroatoms. The molecule has 1 aliphatic heterocycles. The standard InChI is InChI=1S/C11H15N5O2S/c1-17-6-2-8(18-7(6)3-19)16-5-15-9-10(12)13-4-14-11(9)16/h4-8,19H,2-3H2,1H3,(H2,12,13,14)/t6?,7?,8-/m1/s1. The second-order valence-corrected chi connectivity index (χ2v) is 4.77. The topological polar surface area (TPSA) is 88.1 Å². The fourth-order valence-corrected chi connectivity index (χ4v) is 2.69. The summed E-state index contributed by atoms with van der Waals surface area (Å²) >= 11 is 4.28. The van der Waals surface area contributed by atoms with Crippen LogP contribution in [0.3, 0.4) is 0 Å². The van der Waals surface area contributed by atoms with Crippen LogP contribution >= 0.6 is 12.6 Å². The number of nitrogens with zero attached hydrogens (tertiary/aromatic N) is 4. The van der Waals surface area contributed by atoms with E-state index in [0.717, 1.165) is 6.42 Å². The lowest BCUT2D eigenvalue weighted by Gasteiger charge is -2.14. The molecule has 2 aromatic rings.